The zero-order chi connectivity index (χ0) is 25.7. The van der Waals surface area contributed by atoms with Crippen molar-refractivity contribution < 1.29 is 18.0 Å². The fourth-order valence-corrected chi connectivity index (χ4v) is 4.85. The highest BCUT2D eigenvalue weighted by atomic mass is 79.9. The van der Waals surface area contributed by atoms with Crippen LogP contribution >= 0.6 is 15.9 Å². The van der Waals surface area contributed by atoms with Crippen LogP contribution in [0.3, 0.4) is 0 Å². The van der Waals surface area contributed by atoms with Crippen molar-refractivity contribution in [3.63, 3.8) is 0 Å². The highest BCUT2D eigenvalue weighted by molar-refractivity contribution is 9.10. The van der Waals surface area contributed by atoms with E-state index in [0.29, 0.717) is 16.6 Å². The van der Waals surface area contributed by atoms with Crippen molar-refractivity contribution in [2.75, 3.05) is 17.1 Å². The van der Waals surface area contributed by atoms with E-state index in [0.717, 1.165) is 21.7 Å². The molecule has 1 N–H and O–H groups in total. The summed E-state index contributed by atoms with van der Waals surface area (Å²) in [5.74, 6) is -0.729. The number of anilines is 1. The number of nitrogens with one attached hydrogen (secondary N) is 1. The maximum absolute atomic E-state index is 13.6. The smallest absolute Gasteiger partial charge is 0.244 e. The largest absolute Gasteiger partial charge is 0.350 e. The minimum atomic E-state index is -3.76. The van der Waals surface area contributed by atoms with Crippen LogP contribution in [0, 0.1) is 6.92 Å². The van der Waals surface area contributed by atoms with Crippen LogP contribution in [0.2, 0.25) is 0 Å². The monoisotopic (exact) mass is 551 g/mol. The van der Waals surface area contributed by atoms with Gasteiger partial charge in [-0.2, -0.15) is 0 Å². The van der Waals surface area contributed by atoms with E-state index in [2.05, 4.69) is 21.2 Å². The first-order valence-electron chi connectivity index (χ1n) is 11.1. The molecular weight excluding hydrogens is 518 g/mol. The van der Waals surface area contributed by atoms with Crippen molar-refractivity contribution in [1.29, 1.82) is 0 Å². The first-order valence-corrected chi connectivity index (χ1v) is 13.8. The molecule has 0 radical (unpaired) electrons. The standard InChI is InChI=1S/C25H34BrN3O4S/c1-7-22(24(31)27-25(3,4)5)28(16-19-11-8-10-18(2)14-19)23(30)17-29(34(6,32)33)21-13-9-12-20(26)15-21/h8-15,22H,7,16-17H2,1-6H3,(H,27,31). The highest BCUT2D eigenvalue weighted by Gasteiger charge is 2.33. The number of carbonyl (C=O) groups is 2. The summed E-state index contributed by atoms with van der Waals surface area (Å²) < 4.78 is 27.0. The molecule has 0 saturated heterocycles. The highest BCUT2D eigenvalue weighted by Crippen LogP contribution is 2.23. The summed E-state index contributed by atoms with van der Waals surface area (Å²) in [5, 5.41) is 2.95. The Labute approximate surface area is 211 Å². The Morgan fingerprint density at radius 2 is 1.74 bits per heavy atom. The van der Waals surface area contributed by atoms with Crippen LogP contribution in [0.1, 0.15) is 45.2 Å². The summed E-state index contributed by atoms with van der Waals surface area (Å²) in [5.41, 5.74) is 1.79. The number of nitrogens with zero attached hydrogens (tertiary/aromatic N) is 2. The third-order valence-electron chi connectivity index (χ3n) is 5.09. The number of benzene rings is 2. The van der Waals surface area contributed by atoms with Crippen LogP contribution in [0.15, 0.2) is 53.0 Å². The molecule has 0 fully saturated rings. The quantitative estimate of drug-likeness (QED) is 0.504. The van der Waals surface area contributed by atoms with Crippen LogP contribution < -0.4 is 9.62 Å². The second kappa shape index (κ2) is 11.4. The second-order valence-electron chi connectivity index (χ2n) is 9.42. The number of rotatable bonds is 9. The van der Waals surface area contributed by atoms with Crippen LogP contribution in [-0.4, -0.2) is 49.5 Å². The summed E-state index contributed by atoms with van der Waals surface area (Å²) in [6.45, 7) is 9.20. The Bertz CT molecular complexity index is 1130. The van der Waals surface area contributed by atoms with E-state index >= 15 is 0 Å². The van der Waals surface area contributed by atoms with Crippen molar-refractivity contribution in [3.8, 4) is 0 Å². The van der Waals surface area contributed by atoms with Gasteiger partial charge in [0.25, 0.3) is 0 Å². The molecule has 7 nitrogen and oxygen atoms in total. The van der Waals surface area contributed by atoms with Crippen molar-refractivity contribution in [2.24, 2.45) is 0 Å². The van der Waals surface area contributed by atoms with E-state index in [-0.39, 0.29) is 12.5 Å². The molecular formula is C25H34BrN3O4S. The normalized spacial score (nSPS) is 12.7. The zero-order valence-electron chi connectivity index (χ0n) is 20.6. The lowest BCUT2D eigenvalue weighted by atomic mass is 10.0. The van der Waals surface area contributed by atoms with E-state index in [9.17, 15) is 18.0 Å². The summed E-state index contributed by atoms with van der Waals surface area (Å²) in [4.78, 5) is 28.3. The molecule has 0 aromatic heterocycles. The molecule has 2 amide bonds. The molecule has 0 aliphatic rings. The van der Waals surface area contributed by atoms with E-state index in [4.69, 9.17) is 0 Å². The van der Waals surface area contributed by atoms with Gasteiger partial charge >= 0.3 is 0 Å². The van der Waals surface area contributed by atoms with Gasteiger partial charge < -0.3 is 10.2 Å². The average molecular weight is 553 g/mol. The minimum absolute atomic E-state index is 0.187. The lowest BCUT2D eigenvalue weighted by Gasteiger charge is -2.34. The van der Waals surface area contributed by atoms with E-state index < -0.39 is 34.1 Å². The van der Waals surface area contributed by atoms with Crippen molar-refractivity contribution in [2.45, 2.75) is 59.2 Å². The van der Waals surface area contributed by atoms with Gasteiger partial charge in [0.1, 0.15) is 12.6 Å². The SMILES string of the molecule is CCC(C(=O)NC(C)(C)C)N(Cc1cccc(C)c1)C(=O)CN(c1cccc(Br)c1)S(C)(=O)=O. The van der Waals surface area contributed by atoms with E-state index in [1.165, 1.54) is 4.90 Å². The number of amides is 2. The third-order valence-corrected chi connectivity index (χ3v) is 6.73. The molecule has 9 heteroatoms. The number of aryl methyl sites for hydroxylation is 1. The molecule has 34 heavy (non-hydrogen) atoms. The third kappa shape index (κ3) is 8.13. The topological polar surface area (TPSA) is 86.8 Å². The Kier molecular flexibility index (Phi) is 9.30. The Hall–Kier alpha value is -2.39. The van der Waals surface area contributed by atoms with Gasteiger partial charge in [0.2, 0.25) is 21.8 Å². The fourth-order valence-electron chi connectivity index (χ4n) is 3.62. The van der Waals surface area contributed by atoms with Crippen molar-refractivity contribution in [3.05, 3.63) is 64.1 Å². The molecule has 0 saturated carbocycles. The Morgan fingerprint density at radius 3 is 2.26 bits per heavy atom. The number of sulfonamides is 1. The molecule has 186 valence electrons. The molecule has 0 bridgehead atoms. The molecule has 0 aliphatic heterocycles. The molecule has 1 unspecified atom stereocenters. The Balaban J connectivity index is 2.46. The van der Waals surface area contributed by atoms with Gasteiger partial charge in [-0.25, -0.2) is 8.42 Å². The maximum atomic E-state index is 13.6. The summed E-state index contributed by atoms with van der Waals surface area (Å²) in [6.07, 6.45) is 1.45. The molecule has 2 aromatic carbocycles. The molecule has 2 aromatic rings. The van der Waals surface area contributed by atoms with Gasteiger partial charge in [0, 0.05) is 16.6 Å². The molecule has 0 spiro atoms. The Morgan fingerprint density at radius 1 is 1.09 bits per heavy atom. The van der Waals surface area contributed by atoms with Gasteiger partial charge in [0.15, 0.2) is 0 Å². The molecule has 0 aliphatic carbocycles. The molecule has 0 heterocycles. The predicted molar refractivity (Wildman–Crippen MR) is 140 cm³/mol. The van der Waals surface area contributed by atoms with Crippen LogP contribution in [0.5, 0.6) is 0 Å². The van der Waals surface area contributed by atoms with Crippen LogP contribution in [-0.2, 0) is 26.2 Å². The van der Waals surface area contributed by atoms with Crippen LogP contribution in [0.25, 0.3) is 0 Å². The summed E-state index contributed by atoms with van der Waals surface area (Å²) >= 11 is 3.35. The average Bonchev–Trinajstić information content (AvgIpc) is 2.69. The summed E-state index contributed by atoms with van der Waals surface area (Å²) in [6, 6.07) is 13.7. The predicted octanol–water partition coefficient (Wildman–Crippen LogP) is 4.25. The van der Waals surface area contributed by atoms with E-state index in [1.807, 2.05) is 58.9 Å². The van der Waals surface area contributed by atoms with Gasteiger partial charge in [0.05, 0.1) is 11.9 Å². The minimum Gasteiger partial charge on any atom is -0.350 e. The van der Waals surface area contributed by atoms with Gasteiger partial charge in [-0.3, -0.25) is 13.9 Å². The number of carbonyl (C=O) groups excluding carboxylic acids is 2. The first kappa shape index (κ1) is 27.9. The lowest BCUT2D eigenvalue weighted by Crippen LogP contribution is -2.55. The molecule has 2 rings (SSSR count). The lowest BCUT2D eigenvalue weighted by molar-refractivity contribution is -0.141. The van der Waals surface area contributed by atoms with Gasteiger partial charge in [-0.1, -0.05) is 58.7 Å². The number of hydrogen-bond acceptors (Lipinski definition) is 4. The molecule has 1 atom stereocenters. The van der Waals surface area contributed by atoms with Gasteiger partial charge in [-0.15, -0.1) is 0 Å². The fraction of sp³-hybridized carbons (Fsp3) is 0.440. The van der Waals surface area contributed by atoms with Crippen LogP contribution in [0.4, 0.5) is 5.69 Å². The van der Waals surface area contributed by atoms with Crippen molar-refractivity contribution >= 4 is 43.5 Å². The summed E-state index contributed by atoms with van der Waals surface area (Å²) in [7, 11) is -3.76. The van der Waals surface area contributed by atoms with E-state index in [1.54, 1.807) is 24.3 Å². The second-order valence-corrected chi connectivity index (χ2v) is 12.2. The van der Waals surface area contributed by atoms with Gasteiger partial charge in [-0.05, 0) is 57.9 Å². The number of hydrogen-bond donors (Lipinski definition) is 1. The first-order chi connectivity index (χ1) is 15.7. The maximum Gasteiger partial charge on any atom is 0.244 e. The number of halogens is 1. The van der Waals surface area contributed by atoms with Crippen molar-refractivity contribution in [1.82, 2.24) is 10.2 Å². The zero-order valence-corrected chi connectivity index (χ0v) is 23.0.